The molecule has 0 aliphatic carbocycles. The van der Waals surface area contributed by atoms with Gasteiger partial charge in [-0.1, -0.05) is 12.1 Å². The van der Waals surface area contributed by atoms with Crippen molar-refractivity contribution in [1.29, 1.82) is 0 Å². The van der Waals surface area contributed by atoms with Crippen LogP contribution in [0, 0.1) is 19.7 Å². The van der Waals surface area contributed by atoms with Gasteiger partial charge in [0.2, 0.25) is 5.78 Å². The molecule has 2 nitrogen and oxygen atoms in total. The molecule has 2 aromatic rings. The van der Waals surface area contributed by atoms with Crippen LogP contribution in [0.25, 0.3) is 0 Å². The molecule has 1 heterocycles. The van der Waals surface area contributed by atoms with Gasteiger partial charge in [-0.25, -0.2) is 4.39 Å². The monoisotopic (exact) mass is 231 g/mol. The fourth-order valence-electron chi connectivity index (χ4n) is 1.85. The average molecular weight is 231 g/mol. The Labute approximate surface area is 99.7 Å². The number of ketones is 1. The SMILES string of the molecule is Cc1cc(C(=O)c2ccccc2F)n(C)c1C. The molecule has 0 fully saturated rings. The second kappa shape index (κ2) is 4.17. The highest BCUT2D eigenvalue weighted by molar-refractivity contribution is 6.08. The Kier molecular flexibility index (Phi) is 2.84. The Morgan fingerprint density at radius 1 is 1.24 bits per heavy atom. The van der Waals surface area contributed by atoms with E-state index in [1.807, 2.05) is 20.9 Å². The topological polar surface area (TPSA) is 22.0 Å². The summed E-state index contributed by atoms with van der Waals surface area (Å²) in [5, 5.41) is 0. The lowest BCUT2D eigenvalue weighted by Crippen LogP contribution is -2.09. The van der Waals surface area contributed by atoms with E-state index in [9.17, 15) is 9.18 Å². The van der Waals surface area contributed by atoms with Gasteiger partial charge in [0.25, 0.3) is 0 Å². The molecule has 0 N–H and O–H groups in total. The Hall–Kier alpha value is -1.90. The number of carbonyl (C=O) groups is 1. The van der Waals surface area contributed by atoms with Crippen LogP contribution in [0.1, 0.15) is 27.3 Å². The minimum atomic E-state index is -0.478. The number of nitrogens with zero attached hydrogens (tertiary/aromatic N) is 1. The van der Waals surface area contributed by atoms with Crippen molar-refractivity contribution in [3.8, 4) is 0 Å². The van der Waals surface area contributed by atoms with Crippen LogP contribution < -0.4 is 0 Å². The minimum absolute atomic E-state index is 0.119. The third kappa shape index (κ3) is 1.88. The van der Waals surface area contributed by atoms with E-state index in [4.69, 9.17) is 0 Å². The summed E-state index contributed by atoms with van der Waals surface area (Å²) in [7, 11) is 1.82. The van der Waals surface area contributed by atoms with Gasteiger partial charge in [0, 0.05) is 12.7 Å². The van der Waals surface area contributed by atoms with Crippen molar-refractivity contribution in [3.63, 3.8) is 0 Å². The van der Waals surface area contributed by atoms with Crippen molar-refractivity contribution in [1.82, 2.24) is 4.57 Å². The van der Waals surface area contributed by atoms with E-state index in [1.54, 1.807) is 22.8 Å². The van der Waals surface area contributed by atoms with Crippen molar-refractivity contribution in [3.05, 3.63) is 58.7 Å². The molecule has 1 aromatic carbocycles. The summed E-state index contributed by atoms with van der Waals surface area (Å²) in [6.07, 6.45) is 0. The van der Waals surface area contributed by atoms with Crippen LogP contribution >= 0.6 is 0 Å². The number of hydrogen-bond donors (Lipinski definition) is 0. The highest BCUT2D eigenvalue weighted by atomic mass is 19.1. The maximum atomic E-state index is 13.5. The third-order valence-electron chi connectivity index (χ3n) is 3.14. The van der Waals surface area contributed by atoms with E-state index < -0.39 is 5.82 Å². The molecule has 0 unspecified atom stereocenters. The minimum Gasteiger partial charge on any atom is -0.345 e. The van der Waals surface area contributed by atoms with Gasteiger partial charge in [0.15, 0.2) is 0 Å². The molecule has 0 radical (unpaired) electrons. The molecule has 3 heteroatoms. The summed E-state index contributed by atoms with van der Waals surface area (Å²) in [5.74, 6) is -0.754. The third-order valence-corrected chi connectivity index (χ3v) is 3.14. The van der Waals surface area contributed by atoms with Crippen LogP contribution in [-0.2, 0) is 7.05 Å². The van der Waals surface area contributed by atoms with E-state index in [0.29, 0.717) is 5.69 Å². The normalized spacial score (nSPS) is 10.6. The molecule has 0 spiro atoms. The molecule has 88 valence electrons. The number of aromatic nitrogens is 1. The zero-order valence-electron chi connectivity index (χ0n) is 10.1. The molecule has 1 aromatic heterocycles. The lowest BCUT2D eigenvalue weighted by molar-refractivity contribution is 0.102. The predicted octanol–water partition coefficient (Wildman–Crippen LogP) is 3.01. The van der Waals surface area contributed by atoms with Gasteiger partial charge in [0.1, 0.15) is 5.82 Å². The summed E-state index contributed by atoms with van der Waals surface area (Å²) in [5.41, 5.74) is 2.69. The van der Waals surface area contributed by atoms with Crippen LogP contribution in [0.4, 0.5) is 4.39 Å². The molecular weight excluding hydrogens is 217 g/mol. The number of hydrogen-bond acceptors (Lipinski definition) is 1. The van der Waals surface area contributed by atoms with E-state index >= 15 is 0 Å². The van der Waals surface area contributed by atoms with E-state index in [2.05, 4.69) is 0 Å². The average Bonchev–Trinajstić information content (AvgIpc) is 2.57. The zero-order valence-corrected chi connectivity index (χ0v) is 10.1. The van der Waals surface area contributed by atoms with E-state index in [0.717, 1.165) is 11.3 Å². The summed E-state index contributed by atoms with van der Waals surface area (Å²) in [6, 6.07) is 7.85. The highest BCUT2D eigenvalue weighted by Crippen LogP contribution is 2.18. The van der Waals surface area contributed by atoms with Crippen molar-refractivity contribution in [2.24, 2.45) is 7.05 Å². The smallest absolute Gasteiger partial charge is 0.212 e. The highest BCUT2D eigenvalue weighted by Gasteiger charge is 2.18. The van der Waals surface area contributed by atoms with Gasteiger partial charge < -0.3 is 4.57 Å². The molecule has 0 saturated carbocycles. The molecule has 2 rings (SSSR count). The largest absolute Gasteiger partial charge is 0.345 e. The van der Waals surface area contributed by atoms with Crippen molar-refractivity contribution < 1.29 is 9.18 Å². The second-order valence-electron chi connectivity index (χ2n) is 4.17. The maximum Gasteiger partial charge on any atom is 0.212 e. The molecule has 0 atom stereocenters. The summed E-state index contributed by atoms with van der Waals surface area (Å²) < 4.78 is 15.3. The van der Waals surface area contributed by atoms with E-state index in [1.165, 1.54) is 12.1 Å². The standard InChI is InChI=1S/C14H14FNO/c1-9-8-13(16(3)10(9)2)14(17)11-6-4-5-7-12(11)15/h4-8H,1-3H3. The van der Waals surface area contributed by atoms with Crippen LogP contribution in [0.15, 0.2) is 30.3 Å². The first kappa shape index (κ1) is 11.6. The van der Waals surface area contributed by atoms with E-state index in [-0.39, 0.29) is 11.3 Å². The van der Waals surface area contributed by atoms with Gasteiger partial charge >= 0.3 is 0 Å². The fourth-order valence-corrected chi connectivity index (χ4v) is 1.85. The summed E-state index contributed by atoms with van der Waals surface area (Å²) in [4.78, 5) is 12.2. The fraction of sp³-hybridized carbons (Fsp3) is 0.214. The molecule has 0 bridgehead atoms. The molecule has 0 amide bonds. The van der Waals surface area contributed by atoms with Crippen molar-refractivity contribution in [2.75, 3.05) is 0 Å². The van der Waals surface area contributed by atoms with Crippen LogP contribution in [-0.4, -0.2) is 10.4 Å². The Bertz CT molecular complexity index is 584. The van der Waals surface area contributed by atoms with Crippen LogP contribution in [0.2, 0.25) is 0 Å². The maximum absolute atomic E-state index is 13.5. The predicted molar refractivity (Wildman–Crippen MR) is 64.7 cm³/mol. The van der Waals surface area contributed by atoms with Crippen molar-refractivity contribution in [2.45, 2.75) is 13.8 Å². The zero-order chi connectivity index (χ0) is 12.6. The van der Waals surface area contributed by atoms with Crippen LogP contribution in [0.5, 0.6) is 0 Å². The molecule has 0 aliphatic heterocycles. The number of benzene rings is 1. The summed E-state index contributed by atoms with van der Waals surface area (Å²) in [6.45, 7) is 3.88. The lowest BCUT2D eigenvalue weighted by Gasteiger charge is -2.05. The molecule has 0 saturated heterocycles. The molecule has 0 aliphatic rings. The first-order valence-electron chi connectivity index (χ1n) is 5.44. The van der Waals surface area contributed by atoms with Gasteiger partial charge in [-0.2, -0.15) is 0 Å². The molecular formula is C14H14FNO. The quantitative estimate of drug-likeness (QED) is 0.728. The first-order chi connectivity index (χ1) is 8.02. The first-order valence-corrected chi connectivity index (χ1v) is 5.44. The lowest BCUT2D eigenvalue weighted by atomic mass is 10.1. The number of halogens is 1. The Morgan fingerprint density at radius 3 is 2.41 bits per heavy atom. The summed E-state index contributed by atoms with van der Waals surface area (Å²) >= 11 is 0. The van der Waals surface area contributed by atoms with Gasteiger partial charge in [0.05, 0.1) is 11.3 Å². The Balaban J connectivity index is 2.52. The van der Waals surface area contributed by atoms with Gasteiger partial charge in [-0.15, -0.1) is 0 Å². The number of carbonyl (C=O) groups excluding carboxylic acids is 1. The molecule has 17 heavy (non-hydrogen) atoms. The van der Waals surface area contributed by atoms with Crippen LogP contribution in [0.3, 0.4) is 0 Å². The Morgan fingerprint density at radius 2 is 1.88 bits per heavy atom. The van der Waals surface area contributed by atoms with Crippen molar-refractivity contribution >= 4 is 5.78 Å². The number of aryl methyl sites for hydroxylation is 1. The number of rotatable bonds is 2. The van der Waals surface area contributed by atoms with Gasteiger partial charge in [-0.3, -0.25) is 4.79 Å². The van der Waals surface area contributed by atoms with Gasteiger partial charge in [-0.05, 0) is 37.6 Å². The second-order valence-corrected chi connectivity index (χ2v) is 4.17.